The van der Waals surface area contributed by atoms with Crippen LogP contribution in [0.3, 0.4) is 0 Å². The first-order valence-electron chi connectivity index (χ1n) is 9.20. The van der Waals surface area contributed by atoms with Crippen molar-refractivity contribution >= 4 is 0 Å². The molecule has 2 atom stereocenters. The Morgan fingerprint density at radius 2 is 0.909 bits per heavy atom. The summed E-state index contributed by atoms with van der Waals surface area (Å²) in [4.78, 5) is 0. The fourth-order valence-corrected chi connectivity index (χ4v) is 2.19. The van der Waals surface area contributed by atoms with E-state index in [1.165, 1.54) is 77.0 Å². The van der Waals surface area contributed by atoms with Crippen molar-refractivity contribution in [3.63, 3.8) is 0 Å². The van der Waals surface area contributed by atoms with Gasteiger partial charge in [-0.15, -0.1) is 0 Å². The van der Waals surface area contributed by atoms with Gasteiger partial charge in [-0.2, -0.15) is 11.8 Å². The maximum Gasteiger partial charge on any atom is 2.00 e. The summed E-state index contributed by atoms with van der Waals surface area (Å²) in [5.41, 5.74) is 0. The van der Waals surface area contributed by atoms with Crippen molar-refractivity contribution in [2.24, 2.45) is 11.8 Å². The Bertz CT molecular complexity index is 146. The zero-order valence-electron chi connectivity index (χ0n) is 17.4. The molecule has 0 aliphatic carbocycles. The Morgan fingerprint density at radius 3 is 1.14 bits per heavy atom. The van der Waals surface area contributed by atoms with Gasteiger partial charge in [0.05, 0.1) is 0 Å². The standard InChI is InChI=1S/2C10H21.Cu.Li.H/c2*1-4-5-6-7-8-9-10(2)3;;;/h2*10H,2,4-9H2,1,3H3;;;/q2*-1;+2;+1;-1. The van der Waals surface area contributed by atoms with Crippen LogP contribution in [0, 0.1) is 25.7 Å². The normalized spacial score (nSPS) is 12.3. The number of hydrogen-bond donors (Lipinski definition) is 0. The summed E-state index contributed by atoms with van der Waals surface area (Å²) in [5, 5.41) is 0. The minimum Gasteiger partial charge on any atom is -1.00 e. The molecule has 22 heavy (non-hydrogen) atoms. The summed E-state index contributed by atoms with van der Waals surface area (Å²) in [5.74, 6) is 1.31. The van der Waals surface area contributed by atoms with Gasteiger partial charge in [0, 0.05) is 0 Å². The Hall–Kier alpha value is 1.12. The molecule has 0 saturated heterocycles. The summed E-state index contributed by atoms with van der Waals surface area (Å²) in [6.07, 6.45) is 16.5. The minimum atomic E-state index is 0. The SMILES string of the molecule is [CH2-]C(C)CCCCCCC.[CH2-]C(C)CCCCCCC.[Cu+2].[H-].[Li+]. The van der Waals surface area contributed by atoms with Crippen molar-refractivity contribution in [2.75, 3.05) is 0 Å². The first-order chi connectivity index (χ1) is 9.54. The first-order valence-corrected chi connectivity index (χ1v) is 9.20. The molecule has 0 aliphatic rings. The molecular weight excluding hydrogens is 311 g/mol. The second-order valence-electron chi connectivity index (χ2n) is 6.62. The van der Waals surface area contributed by atoms with E-state index in [4.69, 9.17) is 0 Å². The molecule has 0 aromatic carbocycles. The average Bonchev–Trinajstić information content (AvgIpc) is 2.38. The van der Waals surface area contributed by atoms with E-state index < -0.39 is 0 Å². The van der Waals surface area contributed by atoms with E-state index in [0.29, 0.717) is 11.8 Å². The molecule has 135 valence electrons. The van der Waals surface area contributed by atoms with Gasteiger partial charge in [0.15, 0.2) is 0 Å². The van der Waals surface area contributed by atoms with Gasteiger partial charge in [0.1, 0.15) is 0 Å². The van der Waals surface area contributed by atoms with E-state index in [0.717, 1.165) is 0 Å². The van der Waals surface area contributed by atoms with Crippen molar-refractivity contribution in [3.8, 4) is 0 Å². The minimum absolute atomic E-state index is 0. The second-order valence-corrected chi connectivity index (χ2v) is 6.62. The van der Waals surface area contributed by atoms with Crippen LogP contribution in [0.1, 0.15) is 106 Å². The van der Waals surface area contributed by atoms with Crippen LogP contribution >= 0.6 is 0 Å². The molecule has 0 N–H and O–H groups in total. The molecule has 0 aliphatic heterocycles. The second kappa shape index (κ2) is 27.0. The quantitative estimate of drug-likeness (QED) is 0.270. The van der Waals surface area contributed by atoms with Crippen LogP contribution in [-0.2, 0) is 17.1 Å². The average molecular weight is 354 g/mol. The largest absolute Gasteiger partial charge is 2.00 e. The van der Waals surface area contributed by atoms with Gasteiger partial charge in [-0.25, -0.2) is 0 Å². The molecule has 0 spiro atoms. The van der Waals surface area contributed by atoms with Crippen molar-refractivity contribution in [1.29, 1.82) is 0 Å². The molecule has 0 aromatic heterocycles. The fraction of sp³-hybridized carbons (Fsp3) is 0.900. The third kappa shape index (κ3) is 37.4. The third-order valence-corrected chi connectivity index (χ3v) is 3.60. The Morgan fingerprint density at radius 1 is 0.636 bits per heavy atom. The van der Waals surface area contributed by atoms with Gasteiger partial charge in [-0.3, -0.25) is 0 Å². The molecule has 0 bridgehead atoms. The number of rotatable bonds is 12. The maximum atomic E-state index is 3.96. The van der Waals surface area contributed by atoms with Gasteiger partial charge in [-0.05, 0) is 0 Å². The number of hydrogen-bond acceptors (Lipinski definition) is 0. The summed E-state index contributed by atoms with van der Waals surface area (Å²) in [6.45, 7) is 16.8. The van der Waals surface area contributed by atoms with Crippen LogP contribution in [0.25, 0.3) is 0 Å². The van der Waals surface area contributed by atoms with Crippen molar-refractivity contribution in [2.45, 2.75) is 105 Å². The molecule has 2 unspecified atom stereocenters. The topological polar surface area (TPSA) is 0 Å². The molecule has 0 heterocycles. The predicted octanol–water partition coefficient (Wildman–Crippen LogP) is 4.75. The molecule has 0 fully saturated rings. The molecule has 0 amide bonds. The van der Waals surface area contributed by atoms with E-state index in [9.17, 15) is 0 Å². The van der Waals surface area contributed by atoms with E-state index in [-0.39, 0.29) is 37.4 Å². The van der Waals surface area contributed by atoms with Gasteiger partial charge >= 0.3 is 35.9 Å². The van der Waals surface area contributed by atoms with Crippen molar-refractivity contribution in [3.05, 3.63) is 13.8 Å². The molecular formula is C20H43CuLi. The Balaban J connectivity index is -0.0000000831. The van der Waals surface area contributed by atoms with Crippen molar-refractivity contribution in [1.82, 2.24) is 0 Å². The summed E-state index contributed by atoms with van der Waals surface area (Å²) in [7, 11) is 0. The van der Waals surface area contributed by atoms with Gasteiger partial charge in [-0.1, -0.05) is 105 Å². The van der Waals surface area contributed by atoms with Gasteiger partial charge in [0.25, 0.3) is 0 Å². The van der Waals surface area contributed by atoms with E-state index >= 15 is 0 Å². The van der Waals surface area contributed by atoms with E-state index in [1.54, 1.807) is 0 Å². The van der Waals surface area contributed by atoms with E-state index in [1.807, 2.05) is 0 Å². The monoisotopic (exact) mass is 353 g/mol. The zero-order valence-corrected chi connectivity index (χ0v) is 17.3. The molecule has 2 heteroatoms. The fourth-order valence-electron chi connectivity index (χ4n) is 2.19. The van der Waals surface area contributed by atoms with Crippen LogP contribution < -0.4 is 18.9 Å². The predicted molar refractivity (Wildman–Crippen MR) is 96.9 cm³/mol. The van der Waals surface area contributed by atoms with Crippen LogP contribution in [0.15, 0.2) is 0 Å². The van der Waals surface area contributed by atoms with Crippen LogP contribution in [0.2, 0.25) is 0 Å². The third-order valence-electron chi connectivity index (χ3n) is 3.60. The Labute approximate surface area is 167 Å². The molecule has 0 rings (SSSR count). The maximum absolute atomic E-state index is 3.96. The number of unbranched alkanes of at least 4 members (excludes halogenated alkanes) is 8. The smallest absolute Gasteiger partial charge is 1.00 e. The molecule has 1 radical (unpaired) electrons. The summed E-state index contributed by atoms with van der Waals surface area (Å²) in [6, 6.07) is 0. The van der Waals surface area contributed by atoms with Gasteiger partial charge in [0.2, 0.25) is 0 Å². The van der Waals surface area contributed by atoms with Crippen LogP contribution in [0.4, 0.5) is 0 Å². The summed E-state index contributed by atoms with van der Waals surface area (Å²) < 4.78 is 0. The first kappa shape index (κ1) is 30.9. The van der Waals surface area contributed by atoms with Crippen molar-refractivity contribution < 1.29 is 37.4 Å². The van der Waals surface area contributed by atoms with E-state index in [2.05, 4.69) is 41.5 Å². The van der Waals surface area contributed by atoms with Crippen LogP contribution in [-0.4, -0.2) is 0 Å². The summed E-state index contributed by atoms with van der Waals surface area (Å²) >= 11 is 0. The van der Waals surface area contributed by atoms with Gasteiger partial charge < -0.3 is 15.3 Å². The molecule has 0 nitrogen and oxygen atoms in total. The molecule has 0 saturated carbocycles. The zero-order chi connectivity index (χ0) is 15.6. The Kier molecular flexibility index (Phi) is 38.0. The van der Waals surface area contributed by atoms with Crippen LogP contribution in [0.5, 0.6) is 0 Å². The molecule has 0 aromatic rings.